The van der Waals surface area contributed by atoms with Crippen LogP contribution >= 0.6 is 0 Å². The van der Waals surface area contributed by atoms with E-state index < -0.39 is 0 Å². The predicted octanol–water partition coefficient (Wildman–Crippen LogP) is 4.64. The monoisotopic (exact) mass is 365 g/mol. The van der Waals surface area contributed by atoms with Gasteiger partial charge in [0, 0.05) is 12.0 Å². The van der Waals surface area contributed by atoms with Gasteiger partial charge in [-0.2, -0.15) is 0 Å². The van der Waals surface area contributed by atoms with Crippen molar-refractivity contribution in [3.05, 3.63) is 71.8 Å². The zero-order chi connectivity index (χ0) is 19.1. The summed E-state index contributed by atoms with van der Waals surface area (Å²) in [5, 5.41) is 0. The van der Waals surface area contributed by atoms with Gasteiger partial charge in [0.1, 0.15) is 0 Å². The van der Waals surface area contributed by atoms with Gasteiger partial charge in [0.05, 0.1) is 12.5 Å². The lowest BCUT2D eigenvalue weighted by Crippen LogP contribution is -2.43. The molecule has 3 nitrogen and oxygen atoms in total. The third-order valence-corrected chi connectivity index (χ3v) is 5.90. The van der Waals surface area contributed by atoms with Crippen LogP contribution in [-0.2, 0) is 21.4 Å². The van der Waals surface area contributed by atoms with Crippen molar-refractivity contribution in [3.8, 4) is 0 Å². The molecule has 0 spiro atoms. The van der Waals surface area contributed by atoms with Crippen LogP contribution in [0.5, 0.6) is 0 Å². The van der Waals surface area contributed by atoms with Gasteiger partial charge in [-0.3, -0.25) is 4.79 Å². The first-order valence-electron chi connectivity index (χ1n) is 10.1. The highest BCUT2D eigenvalue weighted by molar-refractivity contribution is 5.74. The van der Waals surface area contributed by atoms with Gasteiger partial charge in [0.15, 0.2) is 0 Å². The largest absolute Gasteiger partial charge is 0.377 e. The van der Waals surface area contributed by atoms with Crippen LogP contribution in [0, 0.1) is 5.92 Å². The molecule has 1 amide bonds. The van der Waals surface area contributed by atoms with Crippen LogP contribution in [0.25, 0.3) is 0 Å². The maximum Gasteiger partial charge on any atom is 0.220 e. The fraction of sp³-hybridized carbons (Fsp3) is 0.458. The molecule has 0 bridgehead atoms. The molecule has 2 unspecified atom stereocenters. The molecule has 2 aromatic carbocycles. The van der Waals surface area contributed by atoms with Gasteiger partial charge < -0.3 is 10.5 Å². The predicted molar refractivity (Wildman–Crippen MR) is 109 cm³/mol. The van der Waals surface area contributed by atoms with Crippen LogP contribution in [-0.4, -0.2) is 18.6 Å². The Morgan fingerprint density at radius 1 is 1.07 bits per heavy atom. The molecule has 27 heavy (non-hydrogen) atoms. The Hall–Kier alpha value is -2.13. The molecule has 0 aromatic heterocycles. The van der Waals surface area contributed by atoms with Gasteiger partial charge in [-0.05, 0) is 49.1 Å². The standard InChI is InChI=1S/C24H31NO2/c1-24(21-15-16-21,20-13-6-3-7-14-20)22(18-23(25)26)27-17-9-8-12-19-10-4-2-5-11-19/h2-7,10-11,13-14,21-22H,8-9,12,15-18H2,1H3,(H2,25,26). The van der Waals surface area contributed by atoms with Crippen molar-refractivity contribution in [1.29, 1.82) is 0 Å². The molecule has 2 N–H and O–H groups in total. The van der Waals surface area contributed by atoms with E-state index in [1.54, 1.807) is 0 Å². The Balaban J connectivity index is 1.61. The zero-order valence-electron chi connectivity index (χ0n) is 16.3. The summed E-state index contributed by atoms with van der Waals surface area (Å²) in [5.74, 6) is 0.278. The molecular formula is C24H31NO2. The molecule has 3 heteroatoms. The molecule has 2 atom stereocenters. The smallest absolute Gasteiger partial charge is 0.220 e. The van der Waals surface area contributed by atoms with Gasteiger partial charge in [-0.1, -0.05) is 67.6 Å². The first-order valence-corrected chi connectivity index (χ1v) is 10.1. The lowest BCUT2D eigenvalue weighted by atomic mass is 9.72. The van der Waals surface area contributed by atoms with E-state index in [9.17, 15) is 4.79 Å². The number of carbonyl (C=O) groups is 1. The molecule has 1 fully saturated rings. The summed E-state index contributed by atoms with van der Waals surface area (Å²) in [7, 11) is 0. The second-order valence-corrected chi connectivity index (χ2v) is 7.90. The lowest BCUT2D eigenvalue weighted by molar-refractivity contribution is -0.123. The molecule has 0 aliphatic heterocycles. The summed E-state index contributed by atoms with van der Waals surface area (Å²) >= 11 is 0. The number of benzene rings is 2. The molecule has 0 saturated heterocycles. The summed E-state index contributed by atoms with van der Waals surface area (Å²) in [4.78, 5) is 11.7. The number of rotatable bonds is 11. The van der Waals surface area contributed by atoms with Gasteiger partial charge in [-0.25, -0.2) is 0 Å². The van der Waals surface area contributed by atoms with E-state index >= 15 is 0 Å². The molecule has 3 rings (SSSR count). The highest BCUT2D eigenvalue weighted by atomic mass is 16.5. The Kier molecular flexibility index (Phi) is 6.68. The highest BCUT2D eigenvalue weighted by Gasteiger charge is 2.48. The van der Waals surface area contributed by atoms with Crippen LogP contribution in [0.1, 0.15) is 50.2 Å². The van der Waals surface area contributed by atoms with Crippen LogP contribution in [0.15, 0.2) is 60.7 Å². The number of aryl methyl sites for hydroxylation is 1. The number of hydrogen-bond acceptors (Lipinski definition) is 2. The molecule has 2 aromatic rings. The second-order valence-electron chi connectivity index (χ2n) is 7.90. The minimum absolute atomic E-state index is 0.157. The number of hydrogen-bond donors (Lipinski definition) is 1. The molecule has 0 heterocycles. The molecule has 0 radical (unpaired) electrons. The minimum Gasteiger partial charge on any atom is -0.377 e. The second kappa shape index (κ2) is 9.18. The Bertz CT molecular complexity index is 712. The van der Waals surface area contributed by atoms with Crippen molar-refractivity contribution in [2.45, 2.75) is 57.0 Å². The summed E-state index contributed by atoms with van der Waals surface area (Å²) in [5.41, 5.74) is 8.03. The number of unbranched alkanes of at least 4 members (excludes halogenated alkanes) is 1. The van der Waals surface area contributed by atoms with E-state index in [-0.39, 0.29) is 23.8 Å². The molecule has 1 aliphatic rings. The van der Waals surface area contributed by atoms with Crippen LogP contribution in [0.3, 0.4) is 0 Å². The first-order chi connectivity index (χ1) is 13.1. The summed E-state index contributed by atoms with van der Waals surface area (Å²) in [6.45, 7) is 2.91. The number of primary amides is 1. The van der Waals surface area contributed by atoms with Crippen LogP contribution in [0.2, 0.25) is 0 Å². The quantitative estimate of drug-likeness (QED) is 0.590. The van der Waals surface area contributed by atoms with E-state index in [2.05, 4.69) is 55.5 Å². The van der Waals surface area contributed by atoms with Crippen molar-refractivity contribution in [1.82, 2.24) is 0 Å². The van der Waals surface area contributed by atoms with Crippen LogP contribution < -0.4 is 5.73 Å². The fourth-order valence-corrected chi connectivity index (χ4v) is 4.09. The Morgan fingerprint density at radius 3 is 2.30 bits per heavy atom. The summed E-state index contributed by atoms with van der Waals surface area (Å²) < 4.78 is 6.31. The van der Waals surface area contributed by atoms with E-state index in [1.165, 1.54) is 24.0 Å². The first kappa shape index (κ1) is 19.6. The molecule has 1 aliphatic carbocycles. The van der Waals surface area contributed by atoms with Gasteiger partial charge in [-0.15, -0.1) is 0 Å². The SMILES string of the molecule is CC(c1ccccc1)(C1CC1)C(CC(N)=O)OCCCCc1ccccc1. The normalized spacial score (nSPS) is 17.2. The van der Waals surface area contributed by atoms with Crippen molar-refractivity contribution < 1.29 is 9.53 Å². The van der Waals surface area contributed by atoms with E-state index in [0.29, 0.717) is 12.5 Å². The average Bonchev–Trinajstić information content (AvgIpc) is 3.53. The van der Waals surface area contributed by atoms with Crippen LogP contribution in [0.4, 0.5) is 0 Å². The topological polar surface area (TPSA) is 52.3 Å². The van der Waals surface area contributed by atoms with Gasteiger partial charge >= 0.3 is 0 Å². The average molecular weight is 366 g/mol. The number of ether oxygens (including phenoxy) is 1. The minimum atomic E-state index is -0.285. The number of amides is 1. The van der Waals surface area contributed by atoms with Gasteiger partial charge in [0.25, 0.3) is 0 Å². The Morgan fingerprint density at radius 2 is 1.70 bits per heavy atom. The van der Waals surface area contributed by atoms with Crippen molar-refractivity contribution in [3.63, 3.8) is 0 Å². The van der Waals surface area contributed by atoms with E-state index in [4.69, 9.17) is 10.5 Å². The molecular weight excluding hydrogens is 334 g/mol. The van der Waals surface area contributed by atoms with Gasteiger partial charge in [0.2, 0.25) is 5.91 Å². The van der Waals surface area contributed by atoms with Crippen molar-refractivity contribution in [2.75, 3.05) is 6.61 Å². The Labute approximate surface area is 162 Å². The maximum absolute atomic E-state index is 11.7. The van der Waals surface area contributed by atoms with Crippen molar-refractivity contribution >= 4 is 5.91 Å². The van der Waals surface area contributed by atoms with Crippen molar-refractivity contribution in [2.24, 2.45) is 11.7 Å². The fourth-order valence-electron chi connectivity index (χ4n) is 4.09. The lowest BCUT2D eigenvalue weighted by Gasteiger charge is -2.38. The highest BCUT2D eigenvalue weighted by Crippen LogP contribution is 2.50. The van der Waals surface area contributed by atoms with E-state index in [0.717, 1.165) is 19.3 Å². The third-order valence-electron chi connectivity index (χ3n) is 5.90. The van der Waals surface area contributed by atoms with E-state index in [1.807, 2.05) is 12.1 Å². The summed E-state index contributed by atoms with van der Waals surface area (Å²) in [6, 6.07) is 21.0. The molecule has 144 valence electrons. The number of nitrogens with two attached hydrogens (primary N) is 1. The molecule has 1 saturated carbocycles. The number of carbonyl (C=O) groups excluding carboxylic acids is 1. The maximum atomic E-state index is 11.7. The zero-order valence-corrected chi connectivity index (χ0v) is 16.3. The third kappa shape index (κ3) is 5.20. The summed E-state index contributed by atoms with van der Waals surface area (Å²) in [6.07, 6.45) is 5.62.